The summed E-state index contributed by atoms with van der Waals surface area (Å²) in [6, 6.07) is 1.04. The molecule has 0 saturated carbocycles. The Hall–Kier alpha value is 0.757. The van der Waals surface area contributed by atoms with Gasteiger partial charge in [-0.05, 0) is 44.3 Å². The van der Waals surface area contributed by atoms with Gasteiger partial charge in [0, 0.05) is 0 Å². The van der Waals surface area contributed by atoms with Crippen molar-refractivity contribution in [1.82, 2.24) is 0 Å². The van der Waals surface area contributed by atoms with E-state index >= 15 is 0 Å². The minimum atomic E-state index is -1.61. The lowest BCUT2D eigenvalue weighted by atomic mass is 9.69. The Labute approximate surface area is 105 Å². The molecule has 0 bridgehead atoms. The second-order valence-corrected chi connectivity index (χ2v) is 11.5. The van der Waals surface area contributed by atoms with Gasteiger partial charge in [-0.1, -0.05) is 13.8 Å². The normalized spacial score (nSPS) is 33.0. The summed E-state index contributed by atoms with van der Waals surface area (Å²) < 4.78 is 6.28. The molecule has 1 aliphatic heterocycles. The maximum absolute atomic E-state index is 6.28. The van der Waals surface area contributed by atoms with Crippen LogP contribution in [-0.2, 0) is 4.43 Å². The van der Waals surface area contributed by atoms with Crippen LogP contribution in [-0.4, -0.2) is 18.8 Å². The van der Waals surface area contributed by atoms with Crippen LogP contribution in [0.3, 0.4) is 0 Å². The van der Waals surface area contributed by atoms with Gasteiger partial charge in [-0.25, -0.2) is 0 Å². The monoisotopic (exact) mass is 268 g/mol. The maximum Gasteiger partial charge on any atom is 0.187 e. The molecule has 1 fully saturated rings. The Bertz CT molecular complexity index is 249. The first kappa shape index (κ1) is 13.8. The fourth-order valence-electron chi connectivity index (χ4n) is 2.50. The molecule has 0 spiro atoms. The van der Waals surface area contributed by atoms with Crippen LogP contribution in [0.15, 0.2) is 0 Å². The average molecular weight is 269 g/mol. The molecular formula is C11H22Cl2OSi. The fraction of sp³-hybridized carbons (Fsp3) is 1.00. The third-order valence-electron chi connectivity index (χ3n) is 4.03. The molecular weight excluding hydrogens is 247 g/mol. The SMILES string of the molecule is CC1(C)O[Si](C)(C)CC(C(Cl)Cl)C1(C)C. The van der Waals surface area contributed by atoms with Crippen molar-refractivity contribution in [1.29, 1.82) is 0 Å². The Morgan fingerprint density at radius 3 is 2.07 bits per heavy atom. The molecule has 0 aliphatic carbocycles. The van der Waals surface area contributed by atoms with Gasteiger partial charge in [-0.3, -0.25) is 0 Å². The van der Waals surface area contributed by atoms with Gasteiger partial charge < -0.3 is 4.43 Å². The maximum atomic E-state index is 6.28. The predicted octanol–water partition coefficient (Wildman–Crippen LogP) is 4.45. The van der Waals surface area contributed by atoms with Crippen molar-refractivity contribution < 1.29 is 4.43 Å². The van der Waals surface area contributed by atoms with E-state index in [0.29, 0.717) is 5.92 Å². The smallest absolute Gasteiger partial charge is 0.187 e. The van der Waals surface area contributed by atoms with Gasteiger partial charge in [-0.15, -0.1) is 23.2 Å². The quantitative estimate of drug-likeness (QED) is 0.505. The zero-order valence-electron chi connectivity index (χ0n) is 10.5. The molecule has 0 radical (unpaired) electrons. The molecule has 1 saturated heterocycles. The fourth-order valence-corrected chi connectivity index (χ4v) is 7.14. The van der Waals surface area contributed by atoms with Gasteiger partial charge in [0.25, 0.3) is 0 Å². The molecule has 1 heterocycles. The van der Waals surface area contributed by atoms with E-state index in [4.69, 9.17) is 27.6 Å². The van der Waals surface area contributed by atoms with E-state index in [1.807, 2.05) is 0 Å². The van der Waals surface area contributed by atoms with Gasteiger partial charge in [-0.2, -0.15) is 0 Å². The van der Waals surface area contributed by atoms with Crippen LogP contribution in [0.5, 0.6) is 0 Å². The van der Waals surface area contributed by atoms with Crippen molar-refractivity contribution in [2.75, 3.05) is 0 Å². The first-order valence-corrected chi connectivity index (χ1v) is 9.47. The van der Waals surface area contributed by atoms with Gasteiger partial charge in [0.2, 0.25) is 0 Å². The zero-order chi connectivity index (χ0) is 12.1. The molecule has 0 N–H and O–H groups in total. The van der Waals surface area contributed by atoms with E-state index < -0.39 is 8.32 Å². The molecule has 1 aliphatic rings. The summed E-state index contributed by atoms with van der Waals surface area (Å²) in [5.74, 6) is 0.325. The average Bonchev–Trinajstić information content (AvgIpc) is 1.95. The third-order valence-corrected chi connectivity index (χ3v) is 7.12. The summed E-state index contributed by atoms with van der Waals surface area (Å²) >= 11 is 12.3. The second kappa shape index (κ2) is 3.90. The van der Waals surface area contributed by atoms with Crippen molar-refractivity contribution in [3.8, 4) is 0 Å². The molecule has 1 nitrogen and oxygen atoms in total. The number of hydrogen-bond acceptors (Lipinski definition) is 1. The van der Waals surface area contributed by atoms with E-state index in [1.165, 1.54) is 0 Å². The van der Waals surface area contributed by atoms with Gasteiger partial charge in [0.15, 0.2) is 8.32 Å². The van der Waals surface area contributed by atoms with Crippen molar-refractivity contribution in [2.45, 2.75) is 57.3 Å². The zero-order valence-corrected chi connectivity index (χ0v) is 13.0. The van der Waals surface area contributed by atoms with E-state index in [1.54, 1.807) is 0 Å². The van der Waals surface area contributed by atoms with Crippen LogP contribution in [0.1, 0.15) is 27.7 Å². The van der Waals surface area contributed by atoms with E-state index in [9.17, 15) is 0 Å². The standard InChI is InChI=1S/C11H22Cl2OSi/c1-10(2)8(9(12)13)7-15(5,6)14-11(10,3)4/h8-9H,7H2,1-6H3. The number of hydrogen-bond donors (Lipinski definition) is 0. The first-order valence-electron chi connectivity index (χ1n) is 5.48. The lowest BCUT2D eigenvalue weighted by Crippen LogP contribution is -2.60. The molecule has 90 valence electrons. The Morgan fingerprint density at radius 2 is 1.67 bits per heavy atom. The lowest BCUT2D eigenvalue weighted by Gasteiger charge is -2.56. The molecule has 4 heteroatoms. The highest BCUT2D eigenvalue weighted by Crippen LogP contribution is 2.52. The second-order valence-electron chi connectivity index (χ2n) is 6.24. The van der Waals surface area contributed by atoms with E-state index in [0.717, 1.165) is 6.04 Å². The largest absolute Gasteiger partial charge is 0.412 e. The van der Waals surface area contributed by atoms with Crippen LogP contribution in [0.25, 0.3) is 0 Å². The van der Waals surface area contributed by atoms with Crippen LogP contribution >= 0.6 is 23.2 Å². The first-order chi connectivity index (χ1) is 6.50. The van der Waals surface area contributed by atoms with Crippen LogP contribution < -0.4 is 0 Å². The highest BCUT2D eigenvalue weighted by molar-refractivity contribution is 6.71. The molecule has 0 aromatic heterocycles. The summed E-state index contributed by atoms with van der Waals surface area (Å²) in [6.45, 7) is 13.2. The van der Waals surface area contributed by atoms with Crippen molar-refractivity contribution in [3.05, 3.63) is 0 Å². The Kier molecular flexibility index (Phi) is 3.59. The summed E-state index contributed by atoms with van der Waals surface area (Å²) in [7, 11) is -1.61. The van der Waals surface area contributed by atoms with Crippen molar-refractivity contribution in [3.63, 3.8) is 0 Å². The predicted molar refractivity (Wildman–Crippen MR) is 70.2 cm³/mol. The van der Waals surface area contributed by atoms with Crippen molar-refractivity contribution >= 4 is 31.5 Å². The Morgan fingerprint density at radius 1 is 1.20 bits per heavy atom. The molecule has 1 atom stereocenters. The van der Waals surface area contributed by atoms with E-state index in [2.05, 4.69) is 40.8 Å². The van der Waals surface area contributed by atoms with Crippen LogP contribution in [0.2, 0.25) is 19.1 Å². The molecule has 0 aromatic rings. The molecule has 1 unspecified atom stereocenters. The lowest BCUT2D eigenvalue weighted by molar-refractivity contribution is -0.0695. The number of halogens is 2. The molecule has 0 amide bonds. The molecule has 0 aromatic carbocycles. The molecule has 15 heavy (non-hydrogen) atoms. The highest BCUT2D eigenvalue weighted by Gasteiger charge is 2.54. The van der Waals surface area contributed by atoms with Gasteiger partial charge in [0.05, 0.1) is 5.60 Å². The van der Waals surface area contributed by atoms with Crippen molar-refractivity contribution in [2.24, 2.45) is 11.3 Å². The summed E-state index contributed by atoms with van der Waals surface area (Å²) in [5.41, 5.74) is -0.128. The minimum absolute atomic E-state index is 0.0175. The minimum Gasteiger partial charge on any atom is -0.412 e. The van der Waals surface area contributed by atoms with Crippen LogP contribution in [0, 0.1) is 11.3 Å². The third kappa shape index (κ3) is 2.54. The van der Waals surface area contributed by atoms with Crippen LogP contribution in [0.4, 0.5) is 0 Å². The summed E-state index contributed by atoms with van der Waals surface area (Å²) in [6.07, 6.45) is 0. The highest BCUT2D eigenvalue weighted by atomic mass is 35.5. The summed E-state index contributed by atoms with van der Waals surface area (Å²) in [5, 5.41) is 0. The van der Waals surface area contributed by atoms with Gasteiger partial charge in [0.1, 0.15) is 4.84 Å². The van der Waals surface area contributed by atoms with E-state index in [-0.39, 0.29) is 15.9 Å². The number of alkyl halides is 2. The number of rotatable bonds is 1. The van der Waals surface area contributed by atoms with Gasteiger partial charge >= 0.3 is 0 Å². The Balaban J connectivity index is 3.06. The summed E-state index contributed by atoms with van der Waals surface area (Å²) in [4.78, 5) is -0.296. The topological polar surface area (TPSA) is 9.23 Å². The molecule has 1 rings (SSSR count).